The molecule has 0 saturated carbocycles. The van der Waals surface area contributed by atoms with E-state index in [4.69, 9.17) is 21.1 Å². The molecule has 2 aromatic rings. The summed E-state index contributed by atoms with van der Waals surface area (Å²) >= 11 is 5.93. The summed E-state index contributed by atoms with van der Waals surface area (Å²) < 4.78 is 10.2. The Bertz CT molecular complexity index is 979. The van der Waals surface area contributed by atoms with Crippen LogP contribution in [-0.4, -0.2) is 36.9 Å². The molecule has 0 bridgehead atoms. The molecule has 0 radical (unpaired) electrons. The smallest absolute Gasteiger partial charge is 0.273 e. The molecular weight excluding hydrogens is 404 g/mol. The molecule has 0 aromatic heterocycles. The number of non-ortho nitro benzene ring substituents is 1. The number of azo groups is 1. The number of amides is 1. The third-order valence-electron chi connectivity index (χ3n) is 3.71. The van der Waals surface area contributed by atoms with Gasteiger partial charge < -0.3 is 14.8 Å². The first-order valence-corrected chi connectivity index (χ1v) is 8.52. The van der Waals surface area contributed by atoms with Crippen LogP contribution < -0.4 is 14.8 Å². The highest BCUT2D eigenvalue weighted by molar-refractivity contribution is 6.31. The summed E-state index contributed by atoms with van der Waals surface area (Å²) in [5.41, 5.74) is 0.187. The van der Waals surface area contributed by atoms with Crippen molar-refractivity contribution in [1.29, 1.82) is 0 Å². The molecule has 0 unspecified atom stereocenters. The molecule has 1 amide bonds. The van der Waals surface area contributed by atoms with Gasteiger partial charge in [-0.2, -0.15) is 10.2 Å². The highest BCUT2D eigenvalue weighted by Crippen LogP contribution is 2.32. The summed E-state index contributed by atoms with van der Waals surface area (Å²) in [4.78, 5) is 34.7. The van der Waals surface area contributed by atoms with Crippen LogP contribution in [0.4, 0.5) is 17.1 Å². The Labute approximate surface area is 170 Å². The van der Waals surface area contributed by atoms with Gasteiger partial charge >= 0.3 is 0 Å². The number of hydrogen-bond donors (Lipinski definition) is 1. The van der Waals surface area contributed by atoms with Crippen LogP contribution in [0, 0.1) is 10.1 Å². The molecule has 1 N–H and O–H groups in total. The SMILES string of the molecule is COc1cc([N+](=O)[O-])ccc1N=N[C@@H](C(C)=O)C(=O)Nc1cc(Cl)ccc1OC. The van der Waals surface area contributed by atoms with E-state index in [0.29, 0.717) is 10.8 Å². The van der Waals surface area contributed by atoms with Gasteiger partial charge in [0, 0.05) is 11.1 Å². The monoisotopic (exact) mass is 420 g/mol. The van der Waals surface area contributed by atoms with Crippen molar-refractivity contribution >= 4 is 40.4 Å². The number of halogens is 1. The molecule has 11 heteroatoms. The average molecular weight is 421 g/mol. The number of nitrogens with zero attached hydrogens (tertiary/aromatic N) is 3. The number of carbonyl (C=O) groups is 2. The minimum absolute atomic E-state index is 0.0715. The van der Waals surface area contributed by atoms with Crippen molar-refractivity contribution in [3.8, 4) is 11.5 Å². The van der Waals surface area contributed by atoms with Crippen LogP contribution in [0.5, 0.6) is 11.5 Å². The molecule has 0 heterocycles. The number of nitro benzene ring substituents is 1. The largest absolute Gasteiger partial charge is 0.495 e. The lowest BCUT2D eigenvalue weighted by Crippen LogP contribution is -2.32. The van der Waals surface area contributed by atoms with Crippen LogP contribution >= 0.6 is 11.6 Å². The molecule has 10 nitrogen and oxygen atoms in total. The van der Waals surface area contributed by atoms with Crippen LogP contribution in [0.15, 0.2) is 46.6 Å². The molecule has 0 saturated heterocycles. The second kappa shape index (κ2) is 9.60. The Morgan fingerprint density at radius 1 is 1.14 bits per heavy atom. The standard InChI is InChI=1S/C18H17ClN4O6/c1-10(24)17(18(25)20-14-8-11(19)4-7-15(14)28-2)22-21-13-6-5-12(23(26)27)9-16(13)29-3/h4-9,17H,1-3H3,(H,20,25)/t17-/m0/s1. The molecule has 2 rings (SSSR count). The minimum atomic E-state index is -1.46. The number of anilines is 1. The molecule has 1 atom stereocenters. The van der Waals surface area contributed by atoms with Gasteiger partial charge in [0.15, 0.2) is 11.5 Å². The summed E-state index contributed by atoms with van der Waals surface area (Å²) in [6, 6.07) is 6.81. The van der Waals surface area contributed by atoms with Crippen LogP contribution in [0.1, 0.15) is 6.92 Å². The number of nitrogens with one attached hydrogen (secondary N) is 1. The second-order valence-corrected chi connectivity index (χ2v) is 6.11. The van der Waals surface area contributed by atoms with Crippen molar-refractivity contribution in [1.82, 2.24) is 0 Å². The van der Waals surface area contributed by atoms with Crippen molar-refractivity contribution in [3.05, 3.63) is 51.5 Å². The maximum Gasteiger partial charge on any atom is 0.273 e. The zero-order valence-corrected chi connectivity index (χ0v) is 16.5. The number of Topliss-reactive ketones (excluding diaryl/α,β-unsaturated/α-hetero) is 1. The van der Waals surface area contributed by atoms with Gasteiger partial charge in [-0.3, -0.25) is 19.7 Å². The highest BCUT2D eigenvalue weighted by atomic mass is 35.5. The van der Waals surface area contributed by atoms with Crippen LogP contribution in [-0.2, 0) is 9.59 Å². The van der Waals surface area contributed by atoms with Crippen LogP contribution in [0.3, 0.4) is 0 Å². The molecule has 2 aromatic carbocycles. The van der Waals surface area contributed by atoms with Crippen molar-refractivity contribution < 1.29 is 24.0 Å². The van der Waals surface area contributed by atoms with Gasteiger partial charge in [-0.1, -0.05) is 11.6 Å². The van der Waals surface area contributed by atoms with Crippen molar-refractivity contribution in [2.24, 2.45) is 10.2 Å². The number of ketones is 1. The lowest BCUT2D eigenvalue weighted by molar-refractivity contribution is -0.384. The first-order valence-electron chi connectivity index (χ1n) is 8.15. The molecule has 29 heavy (non-hydrogen) atoms. The second-order valence-electron chi connectivity index (χ2n) is 5.68. The van der Waals surface area contributed by atoms with Gasteiger partial charge in [-0.25, -0.2) is 0 Å². The zero-order valence-electron chi connectivity index (χ0n) is 15.7. The molecule has 0 fully saturated rings. The maximum atomic E-state index is 12.5. The summed E-state index contributed by atoms with van der Waals surface area (Å²) in [5.74, 6) is -0.892. The Morgan fingerprint density at radius 2 is 1.83 bits per heavy atom. The minimum Gasteiger partial charge on any atom is -0.495 e. The predicted octanol–water partition coefficient (Wildman–Crippen LogP) is 3.95. The highest BCUT2D eigenvalue weighted by Gasteiger charge is 2.24. The maximum absolute atomic E-state index is 12.5. The van der Waals surface area contributed by atoms with E-state index in [2.05, 4.69) is 15.5 Å². The average Bonchev–Trinajstić information content (AvgIpc) is 2.68. The molecule has 0 aliphatic rings. The van der Waals surface area contributed by atoms with E-state index in [0.717, 1.165) is 6.07 Å². The summed E-state index contributed by atoms with van der Waals surface area (Å²) in [5, 5.41) is 21.4. The van der Waals surface area contributed by atoms with Gasteiger partial charge in [0.1, 0.15) is 11.4 Å². The Morgan fingerprint density at radius 3 is 2.41 bits per heavy atom. The van der Waals surface area contributed by atoms with E-state index in [-0.39, 0.29) is 22.8 Å². The molecule has 0 aliphatic heterocycles. The molecular formula is C18H17ClN4O6. The fourth-order valence-electron chi connectivity index (χ4n) is 2.28. The van der Waals surface area contributed by atoms with Gasteiger partial charge in [0.25, 0.3) is 11.6 Å². The number of carbonyl (C=O) groups excluding carboxylic acids is 2. The number of ether oxygens (including phenoxy) is 2. The van der Waals surface area contributed by atoms with Crippen molar-refractivity contribution in [2.75, 3.05) is 19.5 Å². The van der Waals surface area contributed by atoms with E-state index in [1.165, 1.54) is 39.3 Å². The van der Waals surface area contributed by atoms with E-state index in [1.54, 1.807) is 12.1 Å². The Kier molecular flexibility index (Phi) is 7.21. The number of benzene rings is 2. The Hall–Kier alpha value is -3.53. The number of nitro groups is 1. The summed E-state index contributed by atoms with van der Waals surface area (Å²) in [7, 11) is 2.72. The number of hydrogen-bond acceptors (Lipinski definition) is 8. The number of methoxy groups -OCH3 is 2. The Balaban J connectivity index is 2.28. The van der Waals surface area contributed by atoms with Crippen molar-refractivity contribution in [2.45, 2.75) is 13.0 Å². The quantitative estimate of drug-likeness (QED) is 0.297. The van der Waals surface area contributed by atoms with E-state index >= 15 is 0 Å². The van der Waals surface area contributed by atoms with E-state index in [9.17, 15) is 19.7 Å². The summed E-state index contributed by atoms with van der Waals surface area (Å²) in [6.07, 6.45) is 0. The fourth-order valence-corrected chi connectivity index (χ4v) is 2.45. The van der Waals surface area contributed by atoms with E-state index in [1.807, 2.05) is 0 Å². The predicted molar refractivity (Wildman–Crippen MR) is 105 cm³/mol. The first-order chi connectivity index (χ1) is 13.8. The van der Waals surface area contributed by atoms with Gasteiger partial charge in [-0.15, -0.1) is 0 Å². The third-order valence-corrected chi connectivity index (χ3v) is 3.94. The first kappa shape index (κ1) is 21.8. The van der Waals surface area contributed by atoms with Crippen LogP contribution in [0.2, 0.25) is 5.02 Å². The topological polar surface area (TPSA) is 132 Å². The van der Waals surface area contributed by atoms with Crippen LogP contribution in [0.25, 0.3) is 0 Å². The normalized spacial score (nSPS) is 11.7. The van der Waals surface area contributed by atoms with Crippen molar-refractivity contribution in [3.63, 3.8) is 0 Å². The lowest BCUT2D eigenvalue weighted by Gasteiger charge is -2.13. The summed E-state index contributed by atoms with van der Waals surface area (Å²) in [6.45, 7) is 1.19. The fraction of sp³-hybridized carbons (Fsp3) is 0.222. The number of rotatable bonds is 8. The van der Waals surface area contributed by atoms with Gasteiger partial charge in [0.05, 0.1) is 30.9 Å². The van der Waals surface area contributed by atoms with Gasteiger partial charge in [0.2, 0.25) is 6.04 Å². The zero-order chi connectivity index (χ0) is 21.6. The van der Waals surface area contributed by atoms with E-state index < -0.39 is 22.7 Å². The van der Waals surface area contributed by atoms with Gasteiger partial charge in [-0.05, 0) is 31.2 Å². The molecule has 0 aliphatic carbocycles. The molecule has 152 valence electrons. The lowest BCUT2D eigenvalue weighted by atomic mass is 10.2. The third kappa shape index (κ3) is 5.48. The molecule has 0 spiro atoms.